The smallest absolute Gasteiger partial charge is 0.227 e. The molecule has 0 spiro atoms. The van der Waals surface area contributed by atoms with E-state index in [1.165, 1.54) is 19.3 Å². The second-order valence-electron chi connectivity index (χ2n) is 8.83. The van der Waals surface area contributed by atoms with Crippen LogP contribution in [0.3, 0.4) is 0 Å². The predicted octanol–water partition coefficient (Wildman–Crippen LogP) is 2.72. The minimum Gasteiger partial charge on any atom is -0.508 e. The van der Waals surface area contributed by atoms with Crippen molar-refractivity contribution in [2.45, 2.75) is 51.0 Å². The van der Waals surface area contributed by atoms with Crippen molar-refractivity contribution in [1.29, 1.82) is 0 Å². The molecule has 2 aliphatic carbocycles. The molecule has 1 heterocycles. The lowest BCUT2D eigenvalue weighted by Gasteiger charge is -2.45. The molecule has 6 heteroatoms. The second kappa shape index (κ2) is 8.11. The highest BCUT2D eigenvalue weighted by molar-refractivity contribution is 5.92. The average molecular weight is 386 g/mol. The molecule has 2 amide bonds. The van der Waals surface area contributed by atoms with E-state index < -0.39 is 0 Å². The molecule has 152 valence electrons. The Bertz CT molecular complexity index is 698. The molecular formula is C22H31N3O3. The Morgan fingerprint density at radius 1 is 0.964 bits per heavy atom. The van der Waals surface area contributed by atoms with Crippen LogP contribution in [-0.2, 0) is 9.59 Å². The van der Waals surface area contributed by atoms with E-state index in [2.05, 4.69) is 5.32 Å². The van der Waals surface area contributed by atoms with Gasteiger partial charge in [-0.25, -0.2) is 0 Å². The molecular weight excluding hydrogens is 354 g/mol. The van der Waals surface area contributed by atoms with Gasteiger partial charge < -0.3 is 21.1 Å². The summed E-state index contributed by atoms with van der Waals surface area (Å²) >= 11 is 0. The maximum Gasteiger partial charge on any atom is 0.227 e. The van der Waals surface area contributed by atoms with Crippen LogP contribution in [0.2, 0.25) is 0 Å². The first-order chi connectivity index (χ1) is 13.5. The molecule has 4 N–H and O–H groups in total. The quantitative estimate of drug-likeness (QED) is 0.697. The summed E-state index contributed by atoms with van der Waals surface area (Å²) in [5, 5.41) is 12.2. The van der Waals surface area contributed by atoms with Crippen LogP contribution in [-0.4, -0.2) is 41.0 Å². The Morgan fingerprint density at radius 3 is 2.18 bits per heavy atom. The highest BCUT2D eigenvalue weighted by atomic mass is 16.3. The number of piperidine rings is 1. The van der Waals surface area contributed by atoms with Crippen LogP contribution in [0.5, 0.6) is 5.75 Å². The van der Waals surface area contributed by atoms with Gasteiger partial charge in [-0.1, -0.05) is 6.42 Å². The van der Waals surface area contributed by atoms with Gasteiger partial charge in [-0.15, -0.1) is 0 Å². The number of likely N-dealkylation sites (tertiary alicyclic amines) is 1. The topological polar surface area (TPSA) is 95.7 Å². The van der Waals surface area contributed by atoms with E-state index in [4.69, 9.17) is 5.73 Å². The van der Waals surface area contributed by atoms with E-state index in [-0.39, 0.29) is 35.4 Å². The van der Waals surface area contributed by atoms with E-state index in [0.29, 0.717) is 43.5 Å². The Balaban J connectivity index is 1.28. The number of phenolic OH excluding ortho intramolecular Hbond substituents is 1. The first-order valence-electron chi connectivity index (χ1n) is 10.7. The van der Waals surface area contributed by atoms with Gasteiger partial charge in [-0.3, -0.25) is 9.59 Å². The SMILES string of the molecule is NC1C2CCCC1CC(C(=O)N1CCC(C(=O)Nc3ccc(O)cc3)CC1)C2. The fourth-order valence-electron chi connectivity index (χ4n) is 5.40. The zero-order valence-electron chi connectivity index (χ0n) is 16.3. The number of phenols is 1. The van der Waals surface area contributed by atoms with Crippen LogP contribution in [0.15, 0.2) is 24.3 Å². The summed E-state index contributed by atoms with van der Waals surface area (Å²) < 4.78 is 0. The van der Waals surface area contributed by atoms with Gasteiger partial charge in [0.15, 0.2) is 0 Å². The van der Waals surface area contributed by atoms with Crippen molar-refractivity contribution >= 4 is 17.5 Å². The van der Waals surface area contributed by atoms with Gasteiger partial charge in [-0.05, 0) is 74.6 Å². The normalized spacial score (nSPS) is 30.7. The summed E-state index contributed by atoms with van der Waals surface area (Å²) in [6.45, 7) is 1.31. The van der Waals surface area contributed by atoms with Crippen LogP contribution in [0.1, 0.15) is 44.9 Å². The van der Waals surface area contributed by atoms with Crippen LogP contribution in [0, 0.1) is 23.7 Å². The first kappa shape index (κ1) is 19.2. The molecule has 3 fully saturated rings. The molecule has 1 saturated heterocycles. The highest BCUT2D eigenvalue weighted by Gasteiger charge is 2.42. The first-order valence-corrected chi connectivity index (χ1v) is 10.7. The zero-order chi connectivity index (χ0) is 19.7. The van der Waals surface area contributed by atoms with Gasteiger partial charge >= 0.3 is 0 Å². The number of fused-ring (bicyclic) bond motifs is 2. The van der Waals surface area contributed by atoms with Gasteiger partial charge in [0.25, 0.3) is 0 Å². The lowest BCUT2D eigenvalue weighted by atomic mass is 9.65. The molecule has 1 aromatic carbocycles. The Kier molecular flexibility index (Phi) is 5.58. The number of aromatic hydroxyl groups is 1. The third kappa shape index (κ3) is 4.02. The number of hydrogen-bond donors (Lipinski definition) is 3. The molecule has 1 aliphatic heterocycles. The van der Waals surface area contributed by atoms with Crippen molar-refractivity contribution in [3.05, 3.63) is 24.3 Å². The number of benzene rings is 1. The standard InChI is InChI=1S/C22H31N3O3/c23-20-15-2-1-3-16(20)13-17(12-15)22(28)25-10-8-14(9-11-25)21(27)24-18-4-6-19(26)7-5-18/h4-7,14-17,20,26H,1-3,8-13,23H2,(H,24,27). The molecule has 0 radical (unpaired) electrons. The number of rotatable bonds is 3. The average Bonchev–Trinajstić information content (AvgIpc) is 2.69. The number of hydrogen-bond acceptors (Lipinski definition) is 4. The maximum atomic E-state index is 13.1. The molecule has 2 atom stereocenters. The van der Waals surface area contributed by atoms with Gasteiger partial charge in [0.1, 0.15) is 5.75 Å². The molecule has 4 rings (SSSR count). The van der Waals surface area contributed by atoms with Crippen LogP contribution in [0.4, 0.5) is 5.69 Å². The molecule has 3 aliphatic rings. The van der Waals surface area contributed by atoms with Gasteiger partial charge in [-0.2, -0.15) is 0 Å². The van der Waals surface area contributed by atoms with Crippen LogP contribution in [0.25, 0.3) is 0 Å². The third-order valence-electron chi connectivity index (χ3n) is 7.07. The summed E-state index contributed by atoms with van der Waals surface area (Å²) in [5.41, 5.74) is 7.05. The Morgan fingerprint density at radius 2 is 1.57 bits per heavy atom. The summed E-state index contributed by atoms with van der Waals surface area (Å²) in [7, 11) is 0. The summed E-state index contributed by atoms with van der Waals surface area (Å²) in [6, 6.07) is 6.78. The van der Waals surface area contributed by atoms with Crippen LogP contribution < -0.4 is 11.1 Å². The molecule has 2 bridgehead atoms. The number of nitrogens with two attached hydrogens (primary N) is 1. The highest BCUT2D eigenvalue weighted by Crippen LogP contribution is 2.42. The molecule has 0 aromatic heterocycles. The molecule has 2 unspecified atom stereocenters. The number of carbonyl (C=O) groups is 2. The number of carbonyl (C=O) groups excluding carboxylic acids is 2. The maximum absolute atomic E-state index is 13.1. The van der Waals surface area contributed by atoms with Crippen molar-refractivity contribution in [3.63, 3.8) is 0 Å². The number of amides is 2. The van der Waals surface area contributed by atoms with Gasteiger partial charge in [0.2, 0.25) is 11.8 Å². The molecule has 1 aromatic rings. The summed E-state index contributed by atoms with van der Waals surface area (Å²) in [4.78, 5) is 27.5. The second-order valence-corrected chi connectivity index (χ2v) is 8.83. The van der Waals surface area contributed by atoms with Crippen molar-refractivity contribution in [1.82, 2.24) is 4.90 Å². The number of anilines is 1. The van der Waals surface area contributed by atoms with Crippen molar-refractivity contribution < 1.29 is 14.7 Å². The van der Waals surface area contributed by atoms with Crippen molar-refractivity contribution in [2.24, 2.45) is 29.4 Å². The Hall–Kier alpha value is -2.08. The minimum absolute atomic E-state index is 0.00374. The van der Waals surface area contributed by atoms with Crippen molar-refractivity contribution in [3.8, 4) is 5.75 Å². The van der Waals surface area contributed by atoms with E-state index in [1.807, 2.05) is 4.90 Å². The molecule has 6 nitrogen and oxygen atoms in total. The minimum atomic E-state index is -0.0722. The third-order valence-corrected chi connectivity index (χ3v) is 7.07. The fourth-order valence-corrected chi connectivity index (χ4v) is 5.40. The Labute approximate surface area is 166 Å². The van der Waals surface area contributed by atoms with Crippen molar-refractivity contribution in [2.75, 3.05) is 18.4 Å². The summed E-state index contributed by atoms with van der Waals surface area (Å²) in [5.74, 6) is 1.52. The lowest BCUT2D eigenvalue weighted by molar-refractivity contribution is -0.141. The summed E-state index contributed by atoms with van der Waals surface area (Å²) in [6.07, 6.45) is 6.88. The zero-order valence-corrected chi connectivity index (χ0v) is 16.3. The van der Waals surface area contributed by atoms with E-state index in [1.54, 1.807) is 24.3 Å². The van der Waals surface area contributed by atoms with E-state index in [9.17, 15) is 14.7 Å². The monoisotopic (exact) mass is 385 g/mol. The van der Waals surface area contributed by atoms with Gasteiger partial charge in [0, 0.05) is 36.7 Å². The largest absolute Gasteiger partial charge is 0.508 e. The molecule has 28 heavy (non-hydrogen) atoms. The van der Waals surface area contributed by atoms with E-state index >= 15 is 0 Å². The lowest BCUT2D eigenvalue weighted by Crippen LogP contribution is -2.51. The predicted molar refractivity (Wildman–Crippen MR) is 108 cm³/mol. The van der Waals surface area contributed by atoms with Gasteiger partial charge in [0.05, 0.1) is 0 Å². The fraction of sp³-hybridized carbons (Fsp3) is 0.636. The number of nitrogens with one attached hydrogen (secondary N) is 1. The molecule has 2 saturated carbocycles. The number of nitrogens with zero attached hydrogens (tertiary/aromatic N) is 1. The van der Waals surface area contributed by atoms with E-state index in [0.717, 1.165) is 12.8 Å². The van der Waals surface area contributed by atoms with Crippen LogP contribution >= 0.6 is 0 Å².